The van der Waals surface area contributed by atoms with E-state index in [2.05, 4.69) is 0 Å². The molecule has 0 radical (unpaired) electrons. The molecule has 0 aliphatic heterocycles. The van der Waals surface area contributed by atoms with Crippen molar-refractivity contribution in [3.8, 4) is 0 Å². The van der Waals surface area contributed by atoms with Crippen molar-refractivity contribution in [3.63, 3.8) is 0 Å². The number of hydrogen-bond acceptors (Lipinski definition) is 6. The zero-order chi connectivity index (χ0) is 12.0. The summed E-state index contributed by atoms with van der Waals surface area (Å²) in [6, 6.07) is 0. The van der Waals surface area contributed by atoms with Gasteiger partial charge in [-0.15, -0.1) is 0 Å². The Morgan fingerprint density at radius 2 is 1.44 bits per heavy atom. The molecule has 0 aromatic heterocycles. The smallest absolute Gasteiger partial charge is 0.0861 e. The summed E-state index contributed by atoms with van der Waals surface area (Å²) in [4.78, 5) is 0. The van der Waals surface area contributed by atoms with E-state index in [1.54, 1.807) is 0 Å². The third-order valence-corrected chi connectivity index (χ3v) is 10.6. The monoisotopic (exact) mass is 328 g/mol. The van der Waals surface area contributed by atoms with E-state index in [1.165, 1.54) is 6.42 Å². The van der Waals surface area contributed by atoms with Crippen LogP contribution in [0, 0.1) is 11.8 Å². The van der Waals surface area contributed by atoms with Crippen LogP contribution in [0.25, 0.3) is 0 Å². The Bertz CT molecular complexity index is 353. The van der Waals surface area contributed by atoms with E-state index >= 15 is 0 Å². The molecule has 92 valence electrons. The molecule has 0 saturated heterocycles. The van der Waals surface area contributed by atoms with E-state index in [0.717, 1.165) is 19.3 Å². The minimum absolute atomic E-state index is 0.137. The Morgan fingerprint density at radius 1 is 0.812 bits per heavy atom. The fourth-order valence-corrected chi connectivity index (χ4v) is 7.55. The topological polar surface area (TPSA) is 0 Å². The molecule has 4 rings (SSSR count). The first-order chi connectivity index (χ1) is 7.14. The van der Waals surface area contributed by atoms with Crippen LogP contribution in [0.15, 0.2) is 0 Å². The van der Waals surface area contributed by atoms with Gasteiger partial charge in [-0.2, -0.15) is 75.8 Å². The normalized spacial score (nSPS) is 56.6. The van der Waals surface area contributed by atoms with Crippen LogP contribution in [0.4, 0.5) is 0 Å². The molecule has 4 aliphatic carbocycles. The van der Waals surface area contributed by atoms with Gasteiger partial charge in [0, 0.05) is 4.75 Å². The molecule has 4 saturated carbocycles. The Labute approximate surface area is 130 Å². The van der Waals surface area contributed by atoms with E-state index in [4.69, 9.17) is 75.8 Å². The van der Waals surface area contributed by atoms with Crippen molar-refractivity contribution in [2.24, 2.45) is 11.8 Å². The highest BCUT2D eigenvalue weighted by Crippen LogP contribution is 2.75. The fourth-order valence-electron chi connectivity index (χ4n) is 3.97. The van der Waals surface area contributed by atoms with Crippen LogP contribution < -0.4 is 0 Å². The zero-order valence-electron chi connectivity index (χ0n) is 8.67. The van der Waals surface area contributed by atoms with Gasteiger partial charge in [0.05, 0.1) is 12.9 Å². The molecule has 4 bridgehead atoms. The molecule has 6 heteroatoms. The Kier molecular flexibility index (Phi) is 2.78. The van der Waals surface area contributed by atoms with Crippen molar-refractivity contribution >= 4 is 75.8 Å². The first-order valence-electron chi connectivity index (χ1n) is 5.48. The summed E-state index contributed by atoms with van der Waals surface area (Å²) < 4.78 is -1.43. The molecule has 16 heavy (non-hydrogen) atoms. The third-order valence-electron chi connectivity index (χ3n) is 4.82. The molecule has 0 heterocycles. The molecule has 0 aromatic carbocycles. The predicted molar refractivity (Wildman–Crippen MR) is 90.3 cm³/mol. The number of hydrogen-bond donors (Lipinski definition) is 6. The van der Waals surface area contributed by atoms with Gasteiger partial charge in [0.15, 0.2) is 0 Å². The van der Waals surface area contributed by atoms with Gasteiger partial charge in [0.2, 0.25) is 0 Å². The molecule has 0 amide bonds. The minimum atomic E-state index is -0.525. The van der Waals surface area contributed by atoms with Gasteiger partial charge >= 0.3 is 0 Å². The first-order valence-corrected chi connectivity index (χ1v) is 8.17. The standard InChI is InChI=1S/C10H16S6/c11-7-2-5-1-6(4-7)9(13,14)8(12,3-5)10(7,15)16/h5-6,11-16H,1-4H2. The van der Waals surface area contributed by atoms with Crippen LogP contribution in [0.3, 0.4) is 0 Å². The van der Waals surface area contributed by atoms with Gasteiger partial charge in [0.25, 0.3) is 0 Å². The Balaban J connectivity index is 2.19. The van der Waals surface area contributed by atoms with Crippen molar-refractivity contribution < 1.29 is 0 Å². The lowest BCUT2D eigenvalue weighted by molar-refractivity contribution is 0.0534. The second kappa shape index (κ2) is 3.40. The summed E-state index contributed by atoms with van der Waals surface area (Å²) in [6.45, 7) is 0. The summed E-state index contributed by atoms with van der Waals surface area (Å²) in [5, 5.41) is 0. The fraction of sp³-hybridized carbons (Fsp3) is 1.00. The minimum Gasteiger partial charge on any atom is -0.170 e. The molecule has 4 unspecified atom stereocenters. The molecular weight excluding hydrogens is 313 g/mol. The molecule has 0 aromatic rings. The van der Waals surface area contributed by atoms with E-state index in [0.29, 0.717) is 11.8 Å². The van der Waals surface area contributed by atoms with Gasteiger partial charge in [0.1, 0.15) is 0 Å². The summed E-state index contributed by atoms with van der Waals surface area (Å²) in [5.41, 5.74) is 0. The van der Waals surface area contributed by atoms with Gasteiger partial charge in [-0.3, -0.25) is 0 Å². The second-order valence-electron chi connectivity index (χ2n) is 5.70. The van der Waals surface area contributed by atoms with Crippen LogP contribution in [-0.4, -0.2) is 17.7 Å². The maximum atomic E-state index is 4.91. The van der Waals surface area contributed by atoms with Gasteiger partial charge < -0.3 is 0 Å². The van der Waals surface area contributed by atoms with Crippen LogP contribution in [-0.2, 0) is 0 Å². The summed E-state index contributed by atoms with van der Waals surface area (Å²) >= 11 is 29.0. The van der Waals surface area contributed by atoms with Gasteiger partial charge in [-0.25, -0.2) is 0 Å². The van der Waals surface area contributed by atoms with E-state index in [1.807, 2.05) is 0 Å². The molecular formula is C10H16S6. The quantitative estimate of drug-likeness (QED) is 0.285. The highest BCUT2D eigenvalue weighted by molar-refractivity contribution is 8.06. The van der Waals surface area contributed by atoms with Crippen LogP contribution >= 0.6 is 75.8 Å². The van der Waals surface area contributed by atoms with Crippen molar-refractivity contribution in [2.75, 3.05) is 0 Å². The summed E-state index contributed by atoms with van der Waals surface area (Å²) in [5.74, 6) is 1.16. The van der Waals surface area contributed by atoms with E-state index in [-0.39, 0.29) is 9.49 Å². The lowest BCUT2D eigenvalue weighted by Crippen LogP contribution is -2.76. The van der Waals surface area contributed by atoms with Crippen LogP contribution in [0.2, 0.25) is 0 Å². The molecule has 4 fully saturated rings. The zero-order valence-corrected chi connectivity index (χ0v) is 14.0. The largest absolute Gasteiger partial charge is 0.170 e. The SMILES string of the molecule is SC12CC3CC(C1)C(S)(S)C(S)(C3)C2(S)S. The average molecular weight is 329 g/mol. The molecule has 0 nitrogen and oxygen atoms in total. The predicted octanol–water partition coefficient (Wildman–Crippen LogP) is 3.27. The van der Waals surface area contributed by atoms with Crippen LogP contribution in [0.1, 0.15) is 25.7 Å². The molecule has 4 aliphatic rings. The highest BCUT2D eigenvalue weighted by Gasteiger charge is 2.75. The third kappa shape index (κ3) is 1.25. The molecule has 0 spiro atoms. The first kappa shape index (κ1) is 13.1. The van der Waals surface area contributed by atoms with Gasteiger partial charge in [-0.05, 0) is 37.5 Å². The van der Waals surface area contributed by atoms with E-state index < -0.39 is 8.16 Å². The van der Waals surface area contributed by atoms with Gasteiger partial charge in [-0.1, -0.05) is 0 Å². The maximum Gasteiger partial charge on any atom is 0.0861 e. The lowest BCUT2D eigenvalue weighted by Gasteiger charge is -2.72. The summed E-state index contributed by atoms with van der Waals surface area (Å²) in [6.07, 6.45) is 4.29. The maximum absolute atomic E-state index is 4.91. The Morgan fingerprint density at radius 3 is 2.06 bits per heavy atom. The van der Waals surface area contributed by atoms with Crippen molar-refractivity contribution in [1.82, 2.24) is 0 Å². The van der Waals surface area contributed by atoms with Crippen LogP contribution in [0.5, 0.6) is 0 Å². The lowest BCUT2D eigenvalue weighted by atomic mass is 9.54. The van der Waals surface area contributed by atoms with E-state index in [9.17, 15) is 0 Å². The number of rotatable bonds is 0. The van der Waals surface area contributed by atoms with Crippen molar-refractivity contribution in [3.05, 3.63) is 0 Å². The van der Waals surface area contributed by atoms with Crippen molar-refractivity contribution in [2.45, 2.75) is 43.3 Å². The summed E-state index contributed by atoms with van der Waals surface area (Å²) in [7, 11) is 0. The van der Waals surface area contributed by atoms with Crippen molar-refractivity contribution in [1.29, 1.82) is 0 Å². The second-order valence-corrected chi connectivity index (χ2v) is 10.8. The highest BCUT2D eigenvalue weighted by atomic mass is 32.2. The number of thiol groups is 6. The molecule has 0 N–H and O–H groups in total. The average Bonchev–Trinajstić information content (AvgIpc) is 2.12. The molecule has 4 atom stereocenters. The Hall–Kier alpha value is 2.10.